The Hall–Kier alpha value is -1.27. The predicted octanol–water partition coefficient (Wildman–Crippen LogP) is 0.948. The van der Waals surface area contributed by atoms with Crippen LogP contribution < -0.4 is 11.1 Å². The van der Waals surface area contributed by atoms with Crippen molar-refractivity contribution in [2.24, 2.45) is 5.73 Å². The molecule has 1 aromatic heterocycles. The van der Waals surface area contributed by atoms with Crippen molar-refractivity contribution in [3.8, 4) is 0 Å². The summed E-state index contributed by atoms with van der Waals surface area (Å²) in [5.41, 5.74) is 5.76. The lowest BCUT2D eigenvalue weighted by Crippen LogP contribution is -2.32. The molecule has 16 heavy (non-hydrogen) atoms. The molecule has 0 aliphatic heterocycles. The molecule has 3 N–H and O–H groups in total. The van der Waals surface area contributed by atoms with Gasteiger partial charge in [0.2, 0.25) is 5.95 Å². The van der Waals surface area contributed by atoms with E-state index >= 15 is 0 Å². The fourth-order valence-electron chi connectivity index (χ4n) is 0.945. The van der Waals surface area contributed by atoms with Crippen molar-refractivity contribution in [3.05, 3.63) is 18.0 Å². The number of ether oxygens (including phenoxy) is 1. The summed E-state index contributed by atoms with van der Waals surface area (Å²) in [6.07, 6.45) is 1.61. The van der Waals surface area contributed by atoms with Gasteiger partial charge in [-0.15, -0.1) is 0 Å². The van der Waals surface area contributed by atoms with E-state index in [1.165, 1.54) is 0 Å². The van der Waals surface area contributed by atoms with Crippen molar-refractivity contribution in [1.29, 1.82) is 0 Å². The van der Waals surface area contributed by atoms with E-state index in [1.807, 2.05) is 13.8 Å². The monoisotopic (exact) mass is 240 g/mol. The molecule has 5 nitrogen and oxygen atoms in total. The number of nitrogens with one attached hydrogen (secondary N) is 1. The summed E-state index contributed by atoms with van der Waals surface area (Å²) in [4.78, 5) is 8.49. The van der Waals surface area contributed by atoms with Crippen molar-refractivity contribution in [3.63, 3.8) is 0 Å². The average molecular weight is 240 g/mol. The minimum atomic E-state index is -0.275. The van der Waals surface area contributed by atoms with Gasteiger partial charge in [0.25, 0.3) is 0 Å². The molecule has 0 atom stereocenters. The molecule has 0 bridgehead atoms. The molecule has 88 valence electrons. The first kappa shape index (κ1) is 12.8. The first-order chi connectivity index (χ1) is 7.44. The highest BCUT2D eigenvalue weighted by molar-refractivity contribution is 7.80. The first-order valence-corrected chi connectivity index (χ1v) is 5.27. The van der Waals surface area contributed by atoms with Crippen LogP contribution in [0.5, 0.6) is 0 Å². The Balaban J connectivity index is 2.68. The molecule has 0 unspecified atom stereocenters. The molecule has 0 radical (unpaired) electrons. The van der Waals surface area contributed by atoms with E-state index in [4.69, 9.17) is 22.7 Å². The van der Waals surface area contributed by atoms with E-state index in [0.29, 0.717) is 18.2 Å². The fraction of sp³-hybridized carbons (Fsp3) is 0.500. The van der Waals surface area contributed by atoms with Crippen LogP contribution in [-0.4, -0.2) is 34.2 Å². The smallest absolute Gasteiger partial charge is 0.223 e. The zero-order chi connectivity index (χ0) is 12.2. The molecule has 0 aromatic carbocycles. The Labute approximate surface area is 100 Å². The highest BCUT2D eigenvalue weighted by atomic mass is 32.1. The number of methoxy groups -OCH3 is 1. The maximum Gasteiger partial charge on any atom is 0.223 e. The molecule has 1 heterocycles. The van der Waals surface area contributed by atoms with Gasteiger partial charge in [0, 0.05) is 19.9 Å². The van der Waals surface area contributed by atoms with Gasteiger partial charge in [0.1, 0.15) is 10.7 Å². The maximum atomic E-state index is 5.48. The van der Waals surface area contributed by atoms with Gasteiger partial charge in [-0.1, -0.05) is 12.2 Å². The third-order valence-electron chi connectivity index (χ3n) is 2.13. The number of hydrogen-bond donors (Lipinski definition) is 2. The van der Waals surface area contributed by atoms with E-state index in [2.05, 4.69) is 15.3 Å². The van der Waals surface area contributed by atoms with Crippen molar-refractivity contribution < 1.29 is 4.74 Å². The van der Waals surface area contributed by atoms with E-state index in [-0.39, 0.29) is 10.6 Å². The van der Waals surface area contributed by atoms with Crippen LogP contribution >= 0.6 is 12.2 Å². The number of nitrogens with two attached hydrogens (primary N) is 1. The van der Waals surface area contributed by atoms with Crippen LogP contribution in [-0.2, 0) is 4.74 Å². The number of rotatable bonds is 5. The summed E-state index contributed by atoms with van der Waals surface area (Å²) in [5.74, 6) is 0.496. The Kier molecular flexibility index (Phi) is 4.14. The number of aromatic nitrogens is 2. The molecule has 0 spiro atoms. The summed E-state index contributed by atoms with van der Waals surface area (Å²) in [5, 5.41) is 3.07. The molecule has 1 rings (SSSR count). The lowest BCUT2D eigenvalue weighted by Gasteiger charge is -2.23. The molecule has 0 saturated heterocycles. The third kappa shape index (κ3) is 3.71. The second kappa shape index (κ2) is 5.18. The van der Waals surface area contributed by atoms with Crippen molar-refractivity contribution in [2.45, 2.75) is 19.4 Å². The van der Waals surface area contributed by atoms with Gasteiger partial charge in [0.05, 0.1) is 5.60 Å². The highest BCUT2D eigenvalue weighted by Gasteiger charge is 2.16. The predicted molar refractivity (Wildman–Crippen MR) is 67.5 cm³/mol. The van der Waals surface area contributed by atoms with Crippen molar-refractivity contribution >= 4 is 23.2 Å². The van der Waals surface area contributed by atoms with Gasteiger partial charge in [-0.05, 0) is 19.9 Å². The van der Waals surface area contributed by atoms with E-state index in [1.54, 1.807) is 19.4 Å². The average Bonchev–Trinajstić information content (AvgIpc) is 2.27. The normalized spacial score (nSPS) is 11.2. The van der Waals surface area contributed by atoms with E-state index in [0.717, 1.165) is 0 Å². The summed E-state index contributed by atoms with van der Waals surface area (Å²) in [7, 11) is 1.66. The van der Waals surface area contributed by atoms with Crippen LogP contribution in [0.2, 0.25) is 0 Å². The molecule has 0 amide bonds. The van der Waals surface area contributed by atoms with Gasteiger partial charge < -0.3 is 15.8 Å². The first-order valence-electron chi connectivity index (χ1n) is 4.86. The van der Waals surface area contributed by atoms with Crippen LogP contribution in [0.3, 0.4) is 0 Å². The summed E-state index contributed by atoms with van der Waals surface area (Å²) in [6.45, 7) is 4.54. The van der Waals surface area contributed by atoms with Crippen LogP contribution in [0.15, 0.2) is 12.3 Å². The Bertz CT molecular complexity index is 381. The van der Waals surface area contributed by atoms with E-state index in [9.17, 15) is 0 Å². The van der Waals surface area contributed by atoms with Gasteiger partial charge >= 0.3 is 0 Å². The Morgan fingerprint density at radius 1 is 1.62 bits per heavy atom. The molecular formula is C10H16N4OS. The number of hydrogen-bond acceptors (Lipinski definition) is 5. The molecule has 0 aliphatic carbocycles. The SMILES string of the molecule is COC(C)(C)CNc1nccc(C(N)=S)n1. The van der Waals surface area contributed by atoms with Gasteiger partial charge in [0.15, 0.2) is 0 Å². The topological polar surface area (TPSA) is 73.1 Å². The Morgan fingerprint density at radius 2 is 2.31 bits per heavy atom. The van der Waals surface area contributed by atoms with Crippen LogP contribution in [0.25, 0.3) is 0 Å². The summed E-state index contributed by atoms with van der Waals surface area (Å²) >= 11 is 4.84. The quantitative estimate of drug-likeness (QED) is 0.746. The standard InChI is InChI=1S/C10H16N4OS/c1-10(2,15-3)6-13-9-12-5-4-7(14-9)8(11)16/h4-5H,6H2,1-3H3,(H2,11,16)(H,12,13,14). The van der Waals surface area contributed by atoms with Crippen molar-refractivity contribution in [2.75, 3.05) is 19.0 Å². The maximum absolute atomic E-state index is 5.48. The summed E-state index contributed by atoms with van der Waals surface area (Å²) < 4.78 is 5.27. The second-order valence-electron chi connectivity index (χ2n) is 3.95. The van der Waals surface area contributed by atoms with Crippen LogP contribution in [0, 0.1) is 0 Å². The number of anilines is 1. The third-order valence-corrected chi connectivity index (χ3v) is 2.34. The fourth-order valence-corrected chi connectivity index (χ4v) is 1.06. The van der Waals surface area contributed by atoms with Gasteiger partial charge in [-0.25, -0.2) is 9.97 Å². The molecule has 1 aromatic rings. The zero-order valence-corrected chi connectivity index (χ0v) is 10.5. The minimum absolute atomic E-state index is 0.261. The van der Waals surface area contributed by atoms with Crippen LogP contribution in [0.4, 0.5) is 5.95 Å². The van der Waals surface area contributed by atoms with Gasteiger partial charge in [-0.2, -0.15) is 0 Å². The number of thiocarbonyl (C=S) groups is 1. The zero-order valence-electron chi connectivity index (χ0n) is 9.65. The lowest BCUT2D eigenvalue weighted by molar-refractivity contribution is 0.0342. The van der Waals surface area contributed by atoms with Crippen LogP contribution in [0.1, 0.15) is 19.5 Å². The lowest BCUT2D eigenvalue weighted by atomic mass is 10.1. The minimum Gasteiger partial charge on any atom is -0.388 e. The van der Waals surface area contributed by atoms with Crippen molar-refractivity contribution in [1.82, 2.24) is 9.97 Å². The molecule has 6 heteroatoms. The molecule has 0 fully saturated rings. The molecule has 0 saturated carbocycles. The number of nitrogens with zero attached hydrogens (tertiary/aromatic N) is 2. The summed E-state index contributed by atoms with van der Waals surface area (Å²) in [6, 6.07) is 1.68. The largest absolute Gasteiger partial charge is 0.388 e. The highest BCUT2D eigenvalue weighted by Crippen LogP contribution is 2.08. The van der Waals surface area contributed by atoms with Gasteiger partial charge in [-0.3, -0.25) is 0 Å². The molecular weight excluding hydrogens is 224 g/mol. The second-order valence-corrected chi connectivity index (χ2v) is 4.39. The molecule has 0 aliphatic rings. The Morgan fingerprint density at radius 3 is 2.88 bits per heavy atom. The van der Waals surface area contributed by atoms with E-state index < -0.39 is 0 Å².